The number of fused-ring (bicyclic) bond motifs is 8. The molecule has 0 aliphatic carbocycles. The summed E-state index contributed by atoms with van der Waals surface area (Å²) in [6.07, 6.45) is 8.20. The number of aliphatic imine (C=N–C) groups is 2. The maximum atomic E-state index is 14.0. The zero-order valence-corrected chi connectivity index (χ0v) is 41.5. The number of hydrogen-bond donors (Lipinski definition) is 2. The fourth-order valence-electron chi connectivity index (χ4n) is 9.22. The van der Waals surface area contributed by atoms with Crippen molar-refractivity contribution in [1.29, 1.82) is 0 Å². The van der Waals surface area contributed by atoms with Crippen LogP contribution in [-0.4, -0.2) is 79.9 Å². The highest BCUT2D eigenvalue weighted by molar-refractivity contribution is 8.77. The van der Waals surface area contributed by atoms with E-state index in [0.29, 0.717) is 93.8 Å². The Labute approximate surface area is 416 Å². The summed E-state index contributed by atoms with van der Waals surface area (Å²) < 4.78 is 24.5. The Morgan fingerprint density at radius 1 is 0.657 bits per heavy atom. The number of para-hydroxylation sites is 2. The van der Waals surface area contributed by atoms with Crippen LogP contribution in [0.4, 0.5) is 28.4 Å². The van der Waals surface area contributed by atoms with Gasteiger partial charge in [-0.15, -0.1) is 0 Å². The zero-order chi connectivity index (χ0) is 48.9. The van der Waals surface area contributed by atoms with Gasteiger partial charge < -0.3 is 29.6 Å². The van der Waals surface area contributed by atoms with E-state index in [-0.39, 0.29) is 48.9 Å². The van der Waals surface area contributed by atoms with Crippen molar-refractivity contribution >= 4 is 86.1 Å². The summed E-state index contributed by atoms with van der Waals surface area (Å²) in [5, 5.41) is 6.45. The second kappa shape index (κ2) is 21.5. The molecule has 0 bridgehead atoms. The number of benzene rings is 5. The molecule has 70 heavy (non-hydrogen) atoms. The van der Waals surface area contributed by atoms with Crippen LogP contribution in [-0.2, 0) is 35.6 Å². The predicted molar refractivity (Wildman–Crippen MR) is 279 cm³/mol. The maximum absolute atomic E-state index is 14.0. The highest BCUT2D eigenvalue weighted by Crippen LogP contribution is 2.43. The van der Waals surface area contributed by atoms with E-state index in [0.717, 1.165) is 46.5 Å². The van der Waals surface area contributed by atoms with E-state index in [2.05, 4.69) is 24.5 Å². The first kappa shape index (κ1) is 48.3. The van der Waals surface area contributed by atoms with Gasteiger partial charge in [-0.3, -0.25) is 39.0 Å². The number of methoxy groups -OCH3 is 2. The second-order valence-corrected chi connectivity index (χ2v) is 21.0. The van der Waals surface area contributed by atoms with Gasteiger partial charge in [-0.05, 0) is 84.0 Å². The van der Waals surface area contributed by atoms with Crippen LogP contribution in [0.25, 0.3) is 0 Å². The average molecular weight is 981 g/mol. The number of ether oxygens (including phenoxy) is 4. The molecule has 5 aromatic rings. The minimum atomic E-state index is -0.203. The number of hydrogen-bond acceptors (Lipinski definition) is 12. The van der Waals surface area contributed by atoms with E-state index in [1.807, 2.05) is 79.2 Å². The number of carbonyl (C=O) groups excluding carboxylic acids is 4. The molecule has 5 aromatic carbocycles. The van der Waals surface area contributed by atoms with Crippen LogP contribution in [0.3, 0.4) is 0 Å². The Morgan fingerprint density at radius 3 is 1.66 bits per heavy atom. The summed E-state index contributed by atoms with van der Waals surface area (Å²) in [7, 11) is 8.30. The number of rotatable bonds is 19. The van der Waals surface area contributed by atoms with Gasteiger partial charge in [-0.2, -0.15) is 0 Å². The Balaban J connectivity index is 0.919. The van der Waals surface area contributed by atoms with E-state index in [4.69, 9.17) is 28.9 Å². The fraction of sp³-hybridized carbons (Fsp3) is 0.333. The predicted octanol–water partition coefficient (Wildman–Crippen LogP) is 10.2. The summed E-state index contributed by atoms with van der Waals surface area (Å²) in [5.41, 5.74) is 7.79. The first-order chi connectivity index (χ1) is 34.0. The molecule has 0 radical (unpaired) electrons. The quantitative estimate of drug-likeness (QED) is 0.0763. The molecule has 16 heteroatoms. The van der Waals surface area contributed by atoms with E-state index in [9.17, 15) is 19.2 Å². The molecule has 0 saturated heterocycles. The summed E-state index contributed by atoms with van der Waals surface area (Å²) >= 11 is 0. The van der Waals surface area contributed by atoms with E-state index in [1.54, 1.807) is 62.7 Å². The van der Waals surface area contributed by atoms with Crippen molar-refractivity contribution in [2.24, 2.45) is 9.98 Å². The van der Waals surface area contributed by atoms with E-state index < -0.39 is 0 Å². The van der Waals surface area contributed by atoms with Crippen molar-refractivity contribution in [2.45, 2.75) is 94.6 Å². The molecule has 14 nitrogen and oxygen atoms in total. The van der Waals surface area contributed by atoms with Crippen molar-refractivity contribution in [1.82, 2.24) is 5.32 Å². The molecule has 3 unspecified atom stereocenters. The maximum Gasteiger partial charge on any atom is 0.261 e. The van der Waals surface area contributed by atoms with Crippen LogP contribution in [0.15, 0.2) is 101 Å². The smallest absolute Gasteiger partial charge is 0.261 e. The molecular formula is C54H56N6O8S2. The largest absolute Gasteiger partial charge is 0.493 e. The Bertz CT molecular complexity index is 2730. The minimum absolute atomic E-state index is 0.0482. The highest BCUT2D eigenvalue weighted by Gasteiger charge is 2.38. The van der Waals surface area contributed by atoms with Crippen molar-refractivity contribution in [3.05, 3.63) is 124 Å². The van der Waals surface area contributed by atoms with Gasteiger partial charge in [0.15, 0.2) is 23.0 Å². The molecule has 4 heterocycles. The van der Waals surface area contributed by atoms with Gasteiger partial charge in [0.05, 0.1) is 48.8 Å². The lowest BCUT2D eigenvalue weighted by atomic mass is 10.1. The Hall–Kier alpha value is -6.78. The summed E-state index contributed by atoms with van der Waals surface area (Å²) in [5.74, 6) is 1.18. The summed E-state index contributed by atoms with van der Waals surface area (Å²) in [4.78, 5) is 66.4. The van der Waals surface area contributed by atoms with Crippen LogP contribution < -0.4 is 39.4 Å². The van der Waals surface area contributed by atoms with Gasteiger partial charge >= 0.3 is 0 Å². The molecule has 0 spiro atoms. The molecule has 0 aromatic heterocycles. The molecule has 0 saturated carbocycles. The Morgan fingerprint density at radius 2 is 1.16 bits per heavy atom. The number of amides is 4. The van der Waals surface area contributed by atoms with Gasteiger partial charge in [0.25, 0.3) is 11.8 Å². The van der Waals surface area contributed by atoms with Gasteiger partial charge in [0.1, 0.15) is 13.2 Å². The molecule has 4 amide bonds. The number of nitrogens with one attached hydrogen (secondary N) is 2. The molecule has 4 aliphatic heterocycles. The number of carbonyl (C=O) groups is 4. The molecular weight excluding hydrogens is 925 g/mol. The topological polar surface area (TPSA) is 160 Å². The van der Waals surface area contributed by atoms with Crippen LogP contribution in [0.1, 0.15) is 88.9 Å². The Kier molecular flexibility index (Phi) is 14.8. The first-order valence-electron chi connectivity index (χ1n) is 23.6. The fourth-order valence-corrected chi connectivity index (χ4v) is 11.8. The van der Waals surface area contributed by atoms with Gasteiger partial charge in [0.2, 0.25) is 11.8 Å². The second-order valence-electron chi connectivity index (χ2n) is 17.8. The molecule has 4 atom stereocenters. The van der Waals surface area contributed by atoms with Crippen molar-refractivity contribution in [3.8, 4) is 23.0 Å². The van der Waals surface area contributed by atoms with E-state index >= 15 is 0 Å². The van der Waals surface area contributed by atoms with Crippen molar-refractivity contribution in [2.75, 3.05) is 36.4 Å². The molecule has 362 valence electrons. The average Bonchev–Trinajstić information content (AvgIpc) is 3.86. The summed E-state index contributed by atoms with van der Waals surface area (Å²) in [6.45, 7) is 4.46. The minimum Gasteiger partial charge on any atom is -0.493 e. The zero-order valence-electron chi connectivity index (χ0n) is 39.9. The number of nitrogens with zero attached hydrogens (tertiary/aromatic N) is 4. The molecule has 4 aliphatic rings. The lowest BCUT2D eigenvalue weighted by Gasteiger charge is -2.22. The third-order valence-electron chi connectivity index (χ3n) is 12.8. The van der Waals surface area contributed by atoms with Crippen LogP contribution >= 0.6 is 21.6 Å². The van der Waals surface area contributed by atoms with Crippen molar-refractivity contribution in [3.63, 3.8) is 0 Å². The molecule has 2 N–H and O–H groups in total. The van der Waals surface area contributed by atoms with Gasteiger partial charge in [-0.1, -0.05) is 71.8 Å². The lowest BCUT2D eigenvalue weighted by Crippen LogP contribution is -2.37. The number of anilines is 3. The standard InChI is InChI=1S/C54H56N6O8S2/c1-32(69-70-33(2)17-18-51(61)55-3)11-10-16-52(62)58-38-20-34(30-67-49-26-43-41(24-47(49)65-4)53(63)59-39(28-56-43)22-36-12-6-8-14-45(36)59)19-35(21-38)31-68-50-27-44-42(25-48(50)66-5)54(64)60-40(29-57-44)23-37-13-7-9-15-46(37)60/h6-9,12-15,19-21,24-29,32-33,39-40H,10-11,16-18,22-23,30-31H2,1-5H3,(H,55,61)(H,58,62)/t32?,33?,39-,40?/m0/s1. The van der Waals surface area contributed by atoms with Crippen LogP contribution in [0.2, 0.25) is 0 Å². The first-order valence-corrected chi connectivity index (χ1v) is 25.8. The van der Waals surface area contributed by atoms with Crippen LogP contribution in [0, 0.1) is 0 Å². The monoisotopic (exact) mass is 980 g/mol. The van der Waals surface area contributed by atoms with Crippen molar-refractivity contribution < 1.29 is 38.1 Å². The van der Waals surface area contributed by atoms with Crippen LogP contribution in [0.5, 0.6) is 23.0 Å². The SMILES string of the molecule is CNC(=O)CCC(C)SSC(C)CCCC(=O)Nc1cc(COc2cc3c(cc2OC)C(=O)N2c4ccccc4CC2C=N3)cc(COc2cc3c(cc2OC)C(=O)N2c4ccccc4C[C@H]2C=N3)c1. The third-order valence-corrected chi connectivity index (χ3v) is 16.4. The molecule has 0 fully saturated rings. The van der Waals surface area contributed by atoms with Gasteiger partial charge in [0, 0.05) is 84.9 Å². The summed E-state index contributed by atoms with van der Waals surface area (Å²) in [6, 6.07) is 27.9. The third kappa shape index (κ3) is 10.5. The normalized spacial score (nSPS) is 16.9. The molecule has 9 rings (SSSR count). The highest BCUT2D eigenvalue weighted by atomic mass is 33.1. The van der Waals surface area contributed by atoms with Gasteiger partial charge in [-0.25, -0.2) is 0 Å². The van der Waals surface area contributed by atoms with E-state index in [1.165, 1.54) is 14.2 Å². The lowest BCUT2D eigenvalue weighted by molar-refractivity contribution is -0.120.